The quantitative estimate of drug-likeness (QED) is 0.712. The molecule has 18 heavy (non-hydrogen) atoms. The van der Waals surface area contributed by atoms with Crippen LogP contribution < -0.4 is 0 Å². The van der Waals surface area contributed by atoms with Gasteiger partial charge in [-0.25, -0.2) is 0 Å². The minimum atomic E-state index is -0.680. The molecule has 5 heteroatoms. The average molecular weight is 260 g/mol. The van der Waals surface area contributed by atoms with Gasteiger partial charge in [-0.15, -0.1) is 0 Å². The second-order valence-corrected chi connectivity index (χ2v) is 4.93. The molecule has 1 aliphatic heterocycles. The molecule has 0 aromatic rings. The number of hydrogen-bond donors (Lipinski definition) is 1. The van der Waals surface area contributed by atoms with Gasteiger partial charge in [-0.2, -0.15) is 0 Å². The fourth-order valence-electron chi connectivity index (χ4n) is 1.85. The minimum Gasteiger partial charge on any atom is -0.394 e. The maximum atomic E-state index is 11.0. The lowest BCUT2D eigenvalue weighted by atomic mass is 10.1. The number of Topliss-reactive ketones (excluding diaryl/α,β-unsaturated/α-hetero) is 1. The number of aliphatic hydroxyl groups excluding tert-OH is 1. The van der Waals surface area contributed by atoms with Gasteiger partial charge in [0.2, 0.25) is 0 Å². The van der Waals surface area contributed by atoms with Crippen LogP contribution in [0.25, 0.3) is 0 Å². The van der Waals surface area contributed by atoms with E-state index in [0.717, 1.165) is 6.42 Å². The molecule has 0 saturated carbocycles. The summed E-state index contributed by atoms with van der Waals surface area (Å²) in [5.41, 5.74) is 0. The van der Waals surface area contributed by atoms with Crippen LogP contribution in [0.2, 0.25) is 0 Å². The summed E-state index contributed by atoms with van der Waals surface area (Å²) in [6.07, 6.45) is 1.53. The molecular weight excluding hydrogens is 236 g/mol. The molecule has 0 aliphatic carbocycles. The molecule has 0 spiro atoms. The first kappa shape index (κ1) is 15.6. The molecule has 3 atom stereocenters. The van der Waals surface area contributed by atoms with Crippen LogP contribution >= 0.6 is 0 Å². The van der Waals surface area contributed by atoms with Gasteiger partial charge in [0.15, 0.2) is 5.79 Å². The molecule has 0 radical (unpaired) electrons. The maximum absolute atomic E-state index is 11.0. The predicted molar refractivity (Wildman–Crippen MR) is 66.3 cm³/mol. The highest BCUT2D eigenvalue weighted by atomic mass is 16.7. The molecule has 0 amide bonds. The normalized spacial score (nSPS) is 29.4. The Balaban J connectivity index is 2.29. The fraction of sp³-hybridized carbons (Fsp3) is 0.923. The Hall–Kier alpha value is -0.490. The average Bonchev–Trinajstić information content (AvgIpc) is 2.71. The summed E-state index contributed by atoms with van der Waals surface area (Å²) in [7, 11) is 0. The first-order valence-electron chi connectivity index (χ1n) is 6.52. The van der Waals surface area contributed by atoms with E-state index in [9.17, 15) is 4.79 Å². The molecule has 106 valence electrons. The Morgan fingerprint density at radius 3 is 2.89 bits per heavy atom. The highest BCUT2D eigenvalue weighted by molar-refractivity contribution is 5.75. The smallest absolute Gasteiger partial charge is 0.166 e. The fourth-order valence-corrected chi connectivity index (χ4v) is 1.85. The number of carbonyl (C=O) groups excluding carboxylic acids is 1. The number of carbonyl (C=O) groups is 1. The summed E-state index contributed by atoms with van der Waals surface area (Å²) in [4.78, 5) is 11.0. The van der Waals surface area contributed by atoms with E-state index in [4.69, 9.17) is 19.3 Å². The summed E-state index contributed by atoms with van der Waals surface area (Å²) < 4.78 is 16.9. The zero-order chi connectivity index (χ0) is 13.6. The van der Waals surface area contributed by atoms with E-state index in [2.05, 4.69) is 0 Å². The number of ether oxygens (including phenoxy) is 3. The molecule has 0 aromatic heterocycles. The molecule has 3 unspecified atom stereocenters. The largest absolute Gasteiger partial charge is 0.394 e. The standard InChI is InChI=1S/C13H24O5/c1-4-11(7-14)16-8-12-9-17-13(3,18-12)6-5-10(2)15/h11-12,14H,4-9H2,1-3H3. The molecule has 1 heterocycles. The molecule has 1 N–H and O–H groups in total. The van der Waals surface area contributed by atoms with Gasteiger partial charge in [-0.05, 0) is 20.3 Å². The summed E-state index contributed by atoms with van der Waals surface area (Å²) in [6, 6.07) is 0. The highest BCUT2D eigenvalue weighted by Crippen LogP contribution is 2.28. The van der Waals surface area contributed by atoms with Crippen LogP contribution in [0.3, 0.4) is 0 Å². The van der Waals surface area contributed by atoms with Gasteiger partial charge in [0.05, 0.1) is 25.9 Å². The van der Waals surface area contributed by atoms with Crippen molar-refractivity contribution in [2.75, 3.05) is 19.8 Å². The van der Waals surface area contributed by atoms with Gasteiger partial charge in [0, 0.05) is 12.8 Å². The lowest BCUT2D eigenvalue weighted by molar-refractivity contribution is -0.168. The van der Waals surface area contributed by atoms with Crippen LogP contribution in [0.1, 0.15) is 40.0 Å². The molecule has 0 bridgehead atoms. The van der Waals surface area contributed by atoms with E-state index < -0.39 is 5.79 Å². The van der Waals surface area contributed by atoms with E-state index in [1.165, 1.54) is 0 Å². The molecular formula is C13H24O5. The van der Waals surface area contributed by atoms with E-state index in [-0.39, 0.29) is 24.6 Å². The number of hydrogen-bond acceptors (Lipinski definition) is 5. The van der Waals surface area contributed by atoms with Crippen molar-refractivity contribution in [1.82, 2.24) is 0 Å². The Bertz CT molecular complexity index is 264. The van der Waals surface area contributed by atoms with E-state index in [1.807, 2.05) is 13.8 Å². The maximum Gasteiger partial charge on any atom is 0.166 e. The van der Waals surface area contributed by atoms with Crippen LogP contribution in [0.5, 0.6) is 0 Å². The van der Waals surface area contributed by atoms with Crippen molar-refractivity contribution in [2.24, 2.45) is 0 Å². The van der Waals surface area contributed by atoms with Gasteiger partial charge in [0.25, 0.3) is 0 Å². The third-order valence-electron chi connectivity index (χ3n) is 3.10. The van der Waals surface area contributed by atoms with Gasteiger partial charge in [0.1, 0.15) is 11.9 Å². The Labute approximate surface area is 108 Å². The monoisotopic (exact) mass is 260 g/mol. The minimum absolute atomic E-state index is 0.0195. The van der Waals surface area contributed by atoms with Gasteiger partial charge in [-0.3, -0.25) is 0 Å². The van der Waals surface area contributed by atoms with Gasteiger partial charge < -0.3 is 24.1 Å². The molecule has 5 nitrogen and oxygen atoms in total. The van der Waals surface area contributed by atoms with E-state index >= 15 is 0 Å². The lowest BCUT2D eigenvalue weighted by Gasteiger charge is -2.23. The highest BCUT2D eigenvalue weighted by Gasteiger charge is 2.37. The topological polar surface area (TPSA) is 65.0 Å². The molecule has 1 saturated heterocycles. The molecule has 1 rings (SSSR count). The first-order chi connectivity index (χ1) is 8.49. The third kappa shape index (κ3) is 5.02. The van der Waals surface area contributed by atoms with Crippen molar-refractivity contribution in [1.29, 1.82) is 0 Å². The second-order valence-electron chi connectivity index (χ2n) is 4.93. The van der Waals surface area contributed by atoms with Gasteiger partial charge in [-0.1, -0.05) is 6.92 Å². The molecule has 1 fully saturated rings. The first-order valence-corrected chi connectivity index (χ1v) is 6.52. The Kier molecular flexibility index (Phi) is 6.21. The Morgan fingerprint density at radius 1 is 1.61 bits per heavy atom. The van der Waals surface area contributed by atoms with Crippen LogP contribution in [-0.4, -0.2) is 48.7 Å². The summed E-state index contributed by atoms with van der Waals surface area (Å²) >= 11 is 0. The van der Waals surface area contributed by atoms with Gasteiger partial charge >= 0.3 is 0 Å². The number of ketones is 1. The second kappa shape index (κ2) is 7.19. The zero-order valence-corrected chi connectivity index (χ0v) is 11.5. The van der Waals surface area contributed by atoms with Crippen molar-refractivity contribution < 1.29 is 24.1 Å². The number of aliphatic hydroxyl groups is 1. The van der Waals surface area contributed by atoms with Crippen LogP contribution in [0, 0.1) is 0 Å². The van der Waals surface area contributed by atoms with Crippen molar-refractivity contribution in [3.63, 3.8) is 0 Å². The van der Waals surface area contributed by atoms with Crippen molar-refractivity contribution >= 4 is 5.78 Å². The van der Waals surface area contributed by atoms with Crippen molar-refractivity contribution in [3.05, 3.63) is 0 Å². The number of rotatable bonds is 8. The summed E-state index contributed by atoms with van der Waals surface area (Å²) in [5, 5.41) is 9.01. The molecule has 0 aromatic carbocycles. The van der Waals surface area contributed by atoms with Crippen LogP contribution in [-0.2, 0) is 19.0 Å². The van der Waals surface area contributed by atoms with Crippen LogP contribution in [0.4, 0.5) is 0 Å². The predicted octanol–water partition coefficient (Wildman–Crippen LogP) is 1.27. The lowest BCUT2D eigenvalue weighted by Crippen LogP contribution is -2.30. The SMILES string of the molecule is CCC(CO)OCC1COC(C)(CCC(C)=O)O1. The Morgan fingerprint density at radius 2 is 2.33 bits per heavy atom. The molecule has 1 aliphatic rings. The van der Waals surface area contributed by atoms with Crippen molar-refractivity contribution in [2.45, 2.75) is 58.0 Å². The third-order valence-corrected chi connectivity index (χ3v) is 3.10. The summed E-state index contributed by atoms with van der Waals surface area (Å²) in [5.74, 6) is -0.546. The zero-order valence-electron chi connectivity index (χ0n) is 11.5. The van der Waals surface area contributed by atoms with Crippen LogP contribution in [0.15, 0.2) is 0 Å². The van der Waals surface area contributed by atoms with E-state index in [1.54, 1.807) is 6.92 Å². The van der Waals surface area contributed by atoms with Crippen molar-refractivity contribution in [3.8, 4) is 0 Å². The summed E-state index contributed by atoms with van der Waals surface area (Å²) in [6.45, 7) is 6.27. The van der Waals surface area contributed by atoms with E-state index in [0.29, 0.717) is 26.1 Å².